The van der Waals surface area contributed by atoms with Gasteiger partial charge in [0, 0.05) is 5.70 Å². The summed E-state index contributed by atoms with van der Waals surface area (Å²) in [7, 11) is 1.59. The number of fused-ring (bicyclic) bond motifs is 2. The Morgan fingerprint density at radius 2 is 1.97 bits per heavy atom. The van der Waals surface area contributed by atoms with E-state index in [4.69, 9.17) is 23.9 Å². The molecule has 0 amide bonds. The molecule has 1 atom stereocenters. The number of esters is 1. The van der Waals surface area contributed by atoms with Crippen LogP contribution in [0.3, 0.4) is 0 Å². The summed E-state index contributed by atoms with van der Waals surface area (Å²) in [4.78, 5) is 31.6. The topological polar surface area (TPSA) is 88.3 Å². The first-order chi connectivity index (χ1) is 16.5. The molecular formula is C25H22N2O6S. The van der Waals surface area contributed by atoms with Gasteiger partial charge in [0.25, 0.3) is 5.56 Å². The Morgan fingerprint density at radius 1 is 1.21 bits per heavy atom. The lowest BCUT2D eigenvalue weighted by Crippen LogP contribution is -2.35. The minimum atomic E-state index is -0.596. The number of thiazole rings is 1. The van der Waals surface area contributed by atoms with E-state index in [2.05, 4.69) is 0 Å². The molecule has 1 aromatic heterocycles. The summed E-state index contributed by atoms with van der Waals surface area (Å²) >= 11 is 1.27. The van der Waals surface area contributed by atoms with Gasteiger partial charge in [0.05, 0.1) is 23.8 Å². The van der Waals surface area contributed by atoms with Gasteiger partial charge in [-0.25, -0.2) is 9.79 Å². The zero-order valence-corrected chi connectivity index (χ0v) is 19.7. The van der Waals surface area contributed by atoms with Gasteiger partial charge in [-0.1, -0.05) is 29.5 Å². The highest BCUT2D eigenvalue weighted by molar-refractivity contribution is 7.07. The number of hydrogen-bond donors (Lipinski definition) is 0. The fraction of sp³-hybridized carbons (Fsp3) is 0.240. The molecule has 0 radical (unpaired) electrons. The summed E-state index contributed by atoms with van der Waals surface area (Å²) in [5, 5.41) is 0. The van der Waals surface area contributed by atoms with Crippen LogP contribution in [-0.4, -0.2) is 31.0 Å². The number of aromatic nitrogens is 1. The molecule has 0 bridgehead atoms. The number of rotatable bonds is 5. The molecule has 5 rings (SSSR count). The van der Waals surface area contributed by atoms with Crippen molar-refractivity contribution in [2.24, 2.45) is 4.99 Å². The van der Waals surface area contributed by atoms with Gasteiger partial charge in [-0.3, -0.25) is 9.36 Å². The zero-order chi connectivity index (χ0) is 23.8. The quantitative estimate of drug-likeness (QED) is 0.524. The van der Waals surface area contributed by atoms with E-state index in [9.17, 15) is 9.59 Å². The molecule has 0 unspecified atom stereocenters. The first-order valence-corrected chi connectivity index (χ1v) is 11.5. The van der Waals surface area contributed by atoms with Crippen molar-refractivity contribution in [3.8, 4) is 17.2 Å². The molecule has 0 saturated carbocycles. The van der Waals surface area contributed by atoms with Gasteiger partial charge >= 0.3 is 5.97 Å². The molecule has 2 aliphatic rings. The van der Waals surface area contributed by atoms with Crippen LogP contribution in [0.5, 0.6) is 17.2 Å². The summed E-state index contributed by atoms with van der Waals surface area (Å²) in [5.74, 6) is 1.52. The number of ether oxygens (including phenoxy) is 4. The summed E-state index contributed by atoms with van der Waals surface area (Å²) in [6.45, 7) is 3.90. The minimum absolute atomic E-state index is 0.182. The molecule has 34 heavy (non-hydrogen) atoms. The fourth-order valence-corrected chi connectivity index (χ4v) is 5.04. The van der Waals surface area contributed by atoms with Gasteiger partial charge in [0.2, 0.25) is 6.79 Å². The van der Waals surface area contributed by atoms with Crippen molar-refractivity contribution in [3.05, 3.63) is 78.9 Å². The van der Waals surface area contributed by atoms with Crippen LogP contribution in [0.15, 0.2) is 57.8 Å². The van der Waals surface area contributed by atoms with Crippen LogP contribution in [0.1, 0.15) is 31.0 Å². The average Bonchev–Trinajstić information content (AvgIpc) is 3.43. The number of methoxy groups -OCH3 is 1. The Balaban J connectivity index is 1.67. The van der Waals surface area contributed by atoms with Crippen molar-refractivity contribution in [3.63, 3.8) is 0 Å². The largest absolute Gasteiger partial charge is 0.497 e. The number of hydrogen-bond acceptors (Lipinski definition) is 8. The smallest absolute Gasteiger partial charge is 0.338 e. The fourth-order valence-electron chi connectivity index (χ4n) is 4.00. The van der Waals surface area contributed by atoms with Crippen LogP contribution in [0, 0.1) is 0 Å². The molecule has 3 aromatic rings. The molecule has 9 heteroatoms. The van der Waals surface area contributed by atoms with Crippen molar-refractivity contribution in [2.45, 2.75) is 19.9 Å². The highest BCUT2D eigenvalue weighted by Gasteiger charge is 2.31. The molecular weight excluding hydrogens is 456 g/mol. The SMILES string of the molecule is CCOC(=O)C1=C(C)n2c(s/c(=C\c3ccc4c(c3)OCO4)c2=O)=N[C@H]1c1ccc(OC)cc1. The van der Waals surface area contributed by atoms with Gasteiger partial charge in [-0.05, 0) is 55.3 Å². The number of allylic oxidation sites excluding steroid dienone is 1. The van der Waals surface area contributed by atoms with Crippen LogP contribution in [0.25, 0.3) is 11.8 Å². The van der Waals surface area contributed by atoms with Gasteiger partial charge in [0.1, 0.15) is 11.8 Å². The van der Waals surface area contributed by atoms with Gasteiger partial charge < -0.3 is 18.9 Å². The lowest BCUT2D eigenvalue weighted by Gasteiger charge is -2.22. The third-order valence-corrected chi connectivity index (χ3v) is 6.65. The summed E-state index contributed by atoms with van der Waals surface area (Å²) in [6, 6.07) is 12.3. The molecule has 8 nitrogen and oxygen atoms in total. The molecule has 174 valence electrons. The normalized spacial score (nSPS) is 16.8. The van der Waals surface area contributed by atoms with Crippen molar-refractivity contribution in [1.82, 2.24) is 4.57 Å². The van der Waals surface area contributed by atoms with E-state index in [0.717, 1.165) is 11.1 Å². The van der Waals surface area contributed by atoms with E-state index in [-0.39, 0.29) is 19.0 Å². The number of carbonyl (C=O) groups excluding carboxylic acids is 1. The molecule has 0 aliphatic carbocycles. The average molecular weight is 479 g/mol. The maximum absolute atomic E-state index is 13.3. The predicted octanol–water partition coefficient (Wildman–Crippen LogP) is 2.64. The Bertz CT molecular complexity index is 1480. The zero-order valence-electron chi connectivity index (χ0n) is 18.9. The standard InChI is InChI=1S/C25H22N2O6S/c1-4-31-24(29)21-14(2)27-23(28)20(12-15-5-10-18-19(11-15)33-13-32-18)34-25(27)26-22(21)16-6-8-17(30-3)9-7-16/h5-12,22H,4,13H2,1-3H3/b20-12-/t22-/m0/s1. The van der Waals surface area contributed by atoms with Gasteiger partial charge in [-0.15, -0.1) is 0 Å². The molecule has 0 N–H and O–H groups in total. The second kappa shape index (κ2) is 8.83. The lowest BCUT2D eigenvalue weighted by atomic mass is 9.96. The van der Waals surface area contributed by atoms with Crippen LogP contribution >= 0.6 is 11.3 Å². The Kier molecular flexibility index (Phi) is 5.70. The summed E-state index contributed by atoms with van der Waals surface area (Å²) < 4.78 is 23.3. The van der Waals surface area contributed by atoms with E-state index in [1.807, 2.05) is 42.5 Å². The number of nitrogens with zero attached hydrogens (tertiary/aromatic N) is 2. The first kappa shape index (κ1) is 22.0. The lowest BCUT2D eigenvalue weighted by molar-refractivity contribution is -0.138. The predicted molar refractivity (Wildman–Crippen MR) is 127 cm³/mol. The van der Waals surface area contributed by atoms with E-state index < -0.39 is 12.0 Å². The van der Waals surface area contributed by atoms with E-state index in [1.165, 1.54) is 15.9 Å². The van der Waals surface area contributed by atoms with Crippen LogP contribution in [0.4, 0.5) is 0 Å². The maximum atomic E-state index is 13.3. The summed E-state index contributed by atoms with van der Waals surface area (Å²) in [6.07, 6.45) is 1.79. The van der Waals surface area contributed by atoms with Crippen molar-refractivity contribution in [1.29, 1.82) is 0 Å². The molecule has 3 heterocycles. The van der Waals surface area contributed by atoms with Crippen molar-refractivity contribution in [2.75, 3.05) is 20.5 Å². The highest BCUT2D eigenvalue weighted by atomic mass is 32.1. The van der Waals surface area contributed by atoms with Crippen molar-refractivity contribution < 1.29 is 23.7 Å². The number of benzene rings is 2. The number of carbonyl (C=O) groups is 1. The van der Waals surface area contributed by atoms with Crippen LogP contribution in [0.2, 0.25) is 0 Å². The Hall–Kier alpha value is -3.85. The van der Waals surface area contributed by atoms with E-state index in [0.29, 0.717) is 37.9 Å². The van der Waals surface area contributed by atoms with Gasteiger partial charge in [-0.2, -0.15) is 0 Å². The monoisotopic (exact) mass is 478 g/mol. The Labute approximate surface area is 199 Å². The van der Waals surface area contributed by atoms with Crippen LogP contribution < -0.4 is 29.1 Å². The second-order valence-corrected chi connectivity index (χ2v) is 8.68. The first-order valence-electron chi connectivity index (χ1n) is 10.7. The third kappa shape index (κ3) is 3.77. The third-order valence-electron chi connectivity index (χ3n) is 5.67. The molecule has 0 saturated heterocycles. The van der Waals surface area contributed by atoms with Crippen molar-refractivity contribution >= 4 is 29.1 Å². The molecule has 0 spiro atoms. The van der Waals surface area contributed by atoms with E-state index in [1.54, 1.807) is 27.0 Å². The highest BCUT2D eigenvalue weighted by Crippen LogP contribution is 2.34. The second-order valence-electron chi connectivity index (χ2n) is 7.67. The van der Waals surface area contributed by atoms with Crippen LogP contribution in [-0.2, 0) is 9.53 Å². The minimum Gasteiger partial charge on any atom is -0.497 e. The Morgan fingerprint density at radius 3 is 2.71 bits per heavy atom. The van der Waals surface area contributed by atoms with E-state index >= 15 is 0 Å². The van der Waals surface area contributed by atoms with Gasteiger partial charge in [0.15, 0.2) is 16.3 Å². The summed E-state index contributed by atoms with van der Waals surface area (Å²) in [5.41, 5.74) is 2.22. The molecule has 0 fully saturated rings. The molecule has 2 aliphatic heterocycles. The maximum Gasteiger partial charge on any atom is 0.338 e. The molecule has 2 aromatic carbocycles.